The second-order valence-corrected chi connectivity index (χ2v) is 12.3. The number of imide groups is 1. The lowest BCUT2D eigenvalue weighted by Gasteiger charge is -2.44. The molecule has 0 spiro atoms. The van der Waals surface area contributed by atoms with Gasteiger partial charge in [0.15, 0.2) is 0 Å². The smallest absolute Gasteiger partial charge is 0.455 e. The zero-order chi connectivity index (χ0) is 29.4. The molecule has 0 saturated carbocycles. The summed E-state index contributed by atoms with van der Waals surface area (Å²) in [6.45, 7) is 10.6. The standard InChI is InChI=1S/C34H42BNO5/c1-6-14-36-33(38)27-18-26(20(2)3)30-28(31(27)34(36)39)19-35(40)41-29(30)13-12-25(24-10-8-7-9-11-24)17-23-15-21(4)32(37)22(5)16-23/h7-11,15-17,20,27-29,31,37,40H,6,12-14,18-19H2,1-5H3/b25-17-/t27-,28+,29-,31-/m1/s1. The highest BCUT2D eigenvalue weighted by Crippen LogP contribution is 2.52. The number of rotatable bonds is 8. The number of carbonyl (C=O) groups excluding carboxylic acids is 2. The average molecular weight is 556 g/mol. The van der Waals surface area contributed by atoms with Gasteiger partial charge in [0.1, 0.15) is 5.75 Å². The molecule has 7 heteroatoms. The van der Waals surface area contributed by atoms with Crippen molar-refractivity contribution in [1.29, 1.82) is 0 Å². The third-order valence-corrected chi connectivity index (χ3v) is 9.15. The molecule has 6 nitrogen and oxygen atoms in total. The van der Waals surface area contributed by atoms with Crippen LogP contribution in [0, 0.1) is 37.5 Å². The van der Waals surface area contributed by atoms with Crippen LogP contribution in [0.1, 0.15) is 68.7 Å². The Morgan fingerprint density at radius 2 is 1.78 bits per heavy atom. The van der Waals surface area contributed by atoms with Gasteiger partial charge in [-0.15, -0.1) is 0 Å². The van der Waals surface area contributed by atoms with Crippen LogP contribution in [0.25, 0.3) is 11.6 Å². The molecule has 2 N–H and O–H groups in total. The number of aromatic hydroxyl groups is 1. The van der Waals surface area contributed by atoms with Gasteiger partial charge in [-0.2, -0.15) is 0 Å². The number of nitrogens with zero attached hydrogens (tertiary/aromatic N) is 1. The van der Waals surface area contributed by atoms with Crippen molar-refractivity contribution in [3.05, 3.63) is 75.9 Å². The predicted octanol–water partition coefficient (Wildman–Crippen LogP) is 6.19. The van der Waals surface area contributed by atoms with Crippen molar-refractivity contribution in [2.75, 3.05) is 6.54 Å². The average Bonchev–Trinajstić information content (AvgIpc) is 3.18. The number of allylic oxidation sites excluding steroid dienone is 2. The Balaban J connectivity index is 1.49. The highest BCUT2D eigenvalue weighted by molar-refractivity contribution is 6.43. The number of hydrogen-bond donors (Lipinski definition) is 2. The van der Waals surface area contributed by atoms with Crippen LogP contribution in [-0.4, -0.2) is 46.6 Å². The van der Waals surface area contributed by atoms with Crippen LogP contribution in [0.2, 0.25) is 6.32 Å². The third kappa shape index (κ3) is 5.67. The lowest BCUT2D eigenvalue weighted by atomic mass is 9.57. The minimum atomic E-state index is -0.976. The lowest BCUT2D eigenvalue weighted by Crippen LogP contribution is -2.46. The fraction of sp³-hybridized carbons (Fsp3) is 0.471. The van der Waals surface area contributed by atoms with E-state index in [0.717, 1.165) is 39.8 Å². The van der Waals surface area contributed by atoms with Crippen LogP contribution < -0.4 is 0 Å². The highest BCUT2D eigenvalue weighted by atomic mass is 16.5. The minimum Gasteiger partial charge on any atom is -0.507 e. The van der Waals surface area contributed by atoms with Gasteiger partial charge in [-0.3, -0.25) is 14.5 Å². The van der Waals surface area contributed by atoms with E-state index in [0.29, 0.717) is 37.9 Å². The Labute approximate surface area is 244 Å². The zero-order valence-electron chi connectivity index (χ0n) is 24.9. The summed E-state index contributed by atoms with van der Waals surface area (Å²) in [6.07, 6.45) is 4.85. The number of carbonyl (C=O) groups is 2. The van der Waals surface area contributed by atoms with Crippen molar-refractivity contribution < 1.29 is 24.4 Å². The number of phenols is 1. The molecule has 2 aromatic rings. The van der Waals surface area contributed by atoms with E-state index >= 15 is 0 Å². The lowest BCUT2D eigenvalue weighted by molar-refractivity contribution is -0.140. The number of phenolic OH excluding ortho intramolecular Hbond substituents is 1. The van der Waals surface area contributed by atoms with Crippen molar-refractivity contribution in [3.8, 4) is 5.75 Å². The van der Waals surface area contributed by atoms with Gasteiger partial charge in [0.2, 0.25) is 11.8 Å². The van der Waals surface area contributed by atoms with Crippen LogP contribution >= 0.6 is 0 Å². The van der Waals surface area contributed by atoms with Crippen LogP contribution in [0.15, 0.2) is 53.6 Å². The minimum absolute atomic E-state index is 0.0506. The predicted molar refractivity (Wildman–Crippen MR) is 163 cm³/mol. The largest absolute Gasteiger partial charge is 0.507 e. The summed E-state index contributed by atoms with van der Waals surface area (Å²) >= 11 is 0. The molecule has 4 atom stereocenters. The van der Waals surface area contributed by atoms with Crippen molar-refractivity contribution >= 4 is 30.6 Å². The number of fused-ring (bicyclic) bond motifs is 3. The highest BCUT2D eigenvalue weighted by Gasteiger charge is 2.57. The Morgan fingerprint density at radius 1 is 1.10 bits per heavy atom. The molecule has 2 aromatic carbocycles. The second-order valence-electron chi connectivity index (χ2n) is 12.3. The van der Waals surface area contributed by atoms with E-state index in [2.05, 4.69) is 32.1 Å². The molecule has 216 valence electrons. The van der Waals surface area contributed by atoms with Crippen molar-refractivity contribution in [1.82, 2.24) is 4.90 Å². The summed E-state index contributed by atoms with van der Waals surface area (Å²) in [5, 5.41) is 21.2. The molecule has 41 heavy (non-hydrogen) atoms. The monoisotopic (exact) mass is 555 g/mol. The van der Waals surface area contributed by atoms with Gasteiger partial charge >= 0.3 is 7.12 Å². The van der Waals surface area contributed by atoms with E-state index < -0.39 is 13.0 Å². The van der Waals surface area contributed by atoms with E-state index in [1.54, 1.807) is 0 Å². The molecule has 2 aliphatic heterocycles. The number of aryl methyl sites for hydroxylation is 2. The van der Waals surface area contributed by atoms with E-state index in [-0.39, 0.29) is 35.7 Å². The Hall–Kier alpha value is -3.16. The summed E-state index contributed by atoms with van der Waals surface area (Å²) in [4.78, 5) is 28.3. The number of amides is 2. The van der Waals surface area contributed by atoms with E-state index in [4.69, 9.17) is 4.65 Å². The molecule has 2 amide bonds. The molecule has 2 saturated heterocycles. The summed E-state index contributed by atoms with van der Waals surface area (Å²) in [7, 11) is -0.976. The maximum atomic E-state index is 13.6. The van der Waals surface area contributed by atoms with Crippen LogP contribution in [0.3, 0.4) is 0 Å². The van der Waals surface area contributed by atoms with Gasteiger partial charge in [-0.1, -0.05) is 62.8 Å². The van der Waals surface area contributed by atoms with Gasteiger partial charge in [0.05, 0.1) is 17.9 Å². The van der Waals surface area contributed by atoms with Crippen molar-refractivity contribution in [2.45, 2.75) is 72.7 Å². The van der Waals surface area contributed by atoms with Crippen molar-refractivity contribution in [2.24, 2.45) is 23.7 Å². The first-order valence-electron chi connectivity index (χ1n) is 15.1. The van der Waals surface area contributed by atoms with E-state index in [1.165, 1.54) is 10.5 Å². The van der Waals surface area contributed by atoms with Gasteiger partial charge in [0.25, 0.3) is 0 Å². The van der Waals surface area contributed by atoms with Gasteiger partial charge in [-0.25, -0.2) is 0 Å². The molecule has 2 fully saturated rings. The van der Waals surface area contributed by atoms with E-state index in [1.807, 2.05) is 51.1 Å². The Kier molecular flexibility index (Phi) is 8.58. The maximum absolute atomic E-state index is 13.6. The Morgan fingerprint density at radius 3 is 2.41 bits per heavy atom. The third-order valence-electron chi connectivity index (χ3n) is 9.15. The number of likely N-dealkylation sites (tertiary alicyclic amines) is 1. The zero-order valence-corrected chi connectivity index (χ0v) is 24.9. The molecular formula is C34H42BNO5. The van der Waals surface area contributed by atoms with Gasteiger partial charge in [-0.05, 0) is 103 Å². The quantitative estimate of drug-likeness (QED) is 0.176. The SMILES string of the molecule is CCCN1C(=O)[C@@H]2[C@@H](CC(C(C)C)=C3[C@@H](CC/C(=C/c4cc(C)c(O)c(C)c4)c4ccccc4)OB(O)C[C@@H]32)C1=O. The molecule has 0 radical (unpaired) electrons. The summed E-state index contributed by atoms with van der Waals surface area (Å²) in [6, 6.07) is 14.2. The number of benzene rings is 2. The first-order valence-corrected chi connectivity index (χ1v) is 15.1. The first kappa shape index (κ1) is 29.3. The molecule has 5 rings (SSSR count). The molecule has 1 aliphatic carbocycles. The van der Waals surface area contributed by atoms with Crippen molar-refractivity contribution in [3.63, 3.8) is 0 Å². The molecule has 0 unspecified atom stereocenters. The molecule has 3 aliphatic rings. The summed E-state index contributed by atoms with van der Waals surface area (Å²) < 4.78 is 6.24. The Bertz CT molecular complexity index is 1360. The second kappa shape index (κ2) is 12.0. The van der Waals surface area contributed by atoms with Gasteiger partial charge in [0, 0.05) is 6.54 Å². The van der Waals surface area contributed by atoms with Gasteiger partial charge < -0.3 is 14.8 Å². The van der Waals surface area contributed by atoms with Crippen LogP contribution in [0.5, 0.6) is 5.75 Å². The number of hydrogen-bond acceptors (Lipinski definition) is 5. The molecule has 0 bridgehead atoms. The fourth-order valence-corrected chi connectivity index (χ4v) is 7.27. The first-order chi connectivity index (χ1) is 19.6. The molecule has 2 heterocycles. The van der Waals surface area contributed by atoms with Crippen LogP contribution in [-0.2, 0) is 14.2 Å². The molecular weight excluding hydrogens is 513 g/mol. The summed E-state index contributed by atoms with van der Waals surface area (Å²) in [5.74, 6) is -0.546. The molecule has 0 aromatic heterocycles. The summed E-state index contributed by atoms with van der Waals surface area (Å²) in [5.41, 5.74) is 7.28. The van der Waals surface area contributed by atoms with Crippen LogP contribution in [0.4, 0.5) is 0 Å². The topological polar surface area (TPSA) is 87.1 Å². The normalized spacial score (nSPS) is 24.8. The maximum Gasteiger partial charge on any atom is 0.455 e. The van der Waals surface area contributed by atoms with E-state index in [9.17, 15) is 19.7 Å². The fourth-order valence-electron chi connectivity index (χ4n) is 7.27.